The first-order valence-corrected chi connectivity index (χ1v) is 15.1. The standard InChI is InChI=1S/C29H33Br2N9/c1-19-16-39(27-25-28(40-18-33-35-29(40)34-27)37(17-32-25)14-13-36(3)4)20(2)15-38(19)26(21-5-9-23(30)10-6-21)22-7-11-24(31)12-8-22/h5-12,17-20,26H,13-16H2,1-4H3/t19-,20+/m1/s1. The number of likely N-dealkylation sites (N-methyl/N-ethyl adjacent to an activating group) is 1. The molecule has 0 aliphatic carbocycles. The van der Waals surface area contributed by atoms with E-state index in [2.05, 4.69) is 138 Å². The number of aromatic nitrogens is 6. The van der Waals surface area contributed by atoms with Crippen LogP contribution in [0.25, 0.3) is 16.9 Å². The summed E-state index contributed by atoms with van der Waals surface area (Å²) in [6.45, 7) is 8.02. The summed E-state index contributed by atoms with van der Waals surface area (Å²) in [6.07, 6.45) is 3.65. The number of imidazole rings is 1. The molecule has 0 unspecified atom stereocenters. The van der Waals surface area contributed by atoms with Crippen LogP contribution in [0.3, 0.4) is 0 Å². The highest BCUT2D eigenvalue weighted by atomic mass is 79.9. The fourth-order valence-corrected chi connectivity index (χ4v) is 6.26. The summed E-state index contributed by atoms with van der Waals surface area (Å²) in [5, 5.41) is 8.49. The Morgan fingerprint density at radius 3 is 2.17 bits per heavy atom. The lowest BCUT2D eigenvalue weighted by Gasteiger charge is -2.48. The van der Waals surface area contributed by atoms with Crippen molar-refractivity contribution in [2.75, 3.05) is 38.6 Å². The Bertz CT molecular complexity index is 1570. The van der Waals surface area contributed by atoms with Crippen molar-refractivity contribution in [2.45, 2.75) is 38.5 Å². The zero-order valence-corrected chi connectivity index (χ0v) is 26.3. The topological polar surface area (TPSA) is 70.6 Å². The second-order valence-corrected chi connectivity index (χ2v) is 12.7. The molecule has 2 aromatic carbocycles. The highest BCUT2D eigenvalue weighted by Gasteiger charge is 2.36. The molecule has 2 atom stereocenters. The van der Waals surface area contributed by atoms with Crippen molar-refractivity contribution in [3.63, 3.8) is 0 Å². The number of hydrogen-bond acceptors (Lipinski definition) is 7. The van der Waals surface area contributed by atoms with Crippen LogP contribution < -0.4 is 4.90 Å². The van der Waals surface area contributed by atoms with Crippen LogP contribution >= 0.6 is 31.9 Å². The van der Waals surface area contributed by atoms with Crippen molar-refractivity contribution in [3.05, 3.63) is 81.3 Å². The molecule has 0 amide bonds. The molecule has 4 heterocycles. The minimum Gasteiger partial charge on any atom is -0.349 e. The van der Waals surface area contributed by atoms with Gasteiger partial charge in [-0.25, -0.2) is 9.38 Å². The van der Waals surface area contributed by atoms with Crippen LogP contribution in [0.5, 0.6) is 0 Å². The molecule has 1 saturated heterocycles. The molecule has 11 heteroatoms. The summed E-state index contributed by atoms with van der Waals surface area (Å²) in [7, 11) is 4.16. The Morgan fingerprint density at radius 2 is 1.55 bits per heavy atom. The summed E-state index contributed by atoms with van der Waals surface area (Å²) in [4.78, 5) is 17.1. The largest absolute Gasteiger partial charge is 0.349 e. The number of rotatable bonds is 7. The van der Waals surface area contributed by atoms with E-state index in [9.17, 15) is 0 Å². The van der Waals surface area contributed by atoms with Crippen molar-refractivity contribution in [2.24, 2.45) is 0 Å². The number of anilines is 1. The molecule has 0 spiro atoms. The number of piperazine rings is 1. The van der Waals surface area contributed by atoms with E-state index >= 15 is 0 Å². The van der Waals surface area contributed by atoms with Gasteiger partial charge in [0, 0.05) is 47.2 Å². The van der Waals surface area contributed by atoms with Crippen molar-refractivity contribution in [1.82, 2.24) is 38.9 Å². The summed E-state index contributed by atoms with van der Waals surface area (Å²) < 4.78 is 6.29. The van der Waals surface area contributed by atoms with Gasteiger partial charge in [0.05, 0.1) is 12.4 Å². The molecule has 0 N–H and O–H groups in total. The normalized spacial score (nSPS) is 18.6. The van der Waals surface area contributed by atoms with Gasteiger partial charge in [0.15, 0.2) is 11.5 Å². The Kier molecular flexibility index (Phi) is 7.64. The summed E-state index contributed by atoms with van der Waals surface area (Å²) in [5.41, 5.74) is 4.43. The lowest BCUT2D eigenvalue weighted by molar-refractivity contribution is 0.129. The maximum atomic E-state index is 4.99. The van der Waals surface area contributed by atoms with Gasteiger partial charge in [0.25, 0.3) is 5.78 Å². The fraction of sp³-hybridized carbons (Fsp3) is 0.379. The fourth-order valence-electron chi connectivity index (χ4n) is 5.73. The summed E-state index contributed by atoms with van der Waals surface area (Å²) in [6, 6.07) is 18.0. The van der Waals surface area contributed by atoms with E-state index < -0.39 is 0 Å². The van der Waals surface area contributed by atoms with Gasteiger partial charge in [-0.2, -0.15) is 4.98 Å². The maximum Gasteiger partial charge on any atom is 0.258 e. The smallest absolute Gasteiger partial charge is 0.258 e. The van der Waals surface area contributed by atoms with Crippen LogP contribution in [0.4, 0.5) is 5.82 Å². The molecule has 1 aliphatic rings. The zero-order chi connectivity index (χ0) is 28.0. The van der Waals surface area contributed by atoms with Gasteiger partial charge in [0.1, 0.15) is 11.8 Å². The Balaban J connectivity index is 1.37. The first-order chi connectivity index (χ1) is 19.3. The Hall–Kier alpha value is -2.86. The third kappa shape index (κ3) is 5.15. The monoisotopic (exact) mass is 665 g/mol. The van der Waals surface area contributed by atoms with Crippen molar-refractivity contribution >= 4 is 54.6 Å². The van der Waals surface area contributed by atoms with Crippen LogP contribution in [0, 0.1) is 0 Å². The Morgan fingerprint density at radius 1 is 0.900 bits per heavy atom. The first kappa shape index (κ1) is 27.3. The molecule has 1 fully saturated rings. The molecule has 9 nitrogen and oxygen atoms in total. The molecule has 3 aromatic heterocycles. The average molecular weight is 667 g/mol. The van der Waals surface area contributed by atoms with Crippen molar-refractivity contribution in [1.29, 1.82) is 0 Å². The average Bonchev–Trinajstić information content (AvgIpc) is 3.58. The maximum absolute atomic E-state index is 4.99. The van der Waals surface area contributed by atoms with E-state index in [1.54, 1.807) is 6.33 Å². The van der Waals surface area contributed by atoms with E-state index in [0.717, 1.165) is 52.1 Å². The van der Waals surface area contributed by atoms with Gasteiger partial charge in [0.2, 0.25) is 0 Å². The molecule has 6 rings (SSSR count). The van der Waals surface area contributed by atoms with Gasteiger partial charge >= 0.3 is 0 Å². The first-order valence-electron chi connectivity index (χ1n) is 13.5. The van der Waals surface area contributed by atoms with Gasteiger partial charge in [-0.3, -0.25) is 4.90 Å². The number of nitrogens with zero attached hydrogens (tertiary/aromatic N) is 9. The van der Waals surface area contributed by atoms with Gasteiger partial charge in [-0.15, -0.1) is 10.2 Å². The quantitative estimate of drug-likeness (QED) is 0.235. The number of hydrogen-bond donors (Lipinski definition) is 0. The van der Waals surface area contributed by atoms with Crippen LogP contribution in [0.2, 0.25) is 0 Å². The van der Waals surface area contributed by atoms with Crippen molar-refractivity contribution in [3.8, 4) is 0 Å². The van der Waals surface area contributed by atoms with Gasteiger partial charge in [-0.1, -0.05) is 56.1 Å². The van der Waals surface area contributed by atoms with E-state index in [4.69, 9.17) is 9.97 Å². The van der Waals surface area contributed by atoms with E-state index in [1.165, 1.54) is 11.1 Å². The lowest BCUT2D eigenvalue weighted by Crippen LogP contribution is -2.57. The third-order valence-electron chi connectivity index (χ3n) is 7.78. The Labute approximate surface area is 251 Å². The highest BCUT2D eigenvalue weighted by Crippen LogP contribution is 2.36. The molecule has 208 valence electrons. The number of fused-ring (bicyclic) bond motifs is 3. The third-order valence-corrected chi connectivity index (χ3v) is 8.84. The molecule has 5 aromatic rings. The summed E-state index contributed by atoms with van der Waals surface area (Å²) >= 11 is 7.22. The van der Waals surface area contributed by atoms with Crippen LogP contribution in [0.1, 0.15) is 31.0 Å². The van der Waals surface area contributed by atoms with E-state index in [-0.39, 0.29) is 18.1 Å². The zero-order valence-electron chi connectivity index (χ0n) is 23.1. The summed E-state index contributed by atoms with van der Waals surface area (Å²) in [5.74, 6) is 1.47. The molecule has 40 heavy (non-hydrogen) atoms. The molecular formula is C29H33Br2N9. The number of halogens is 2. The highest BCUT2D eigenvalue weighted by molar-refractivity contribution is 9.10. The van der Waals surface area contributed by atoms with Crippen LogP contribution in [-0.2, 0) is 6.54 Å². The minimum atomic E-state index is 0.137. The molecule has 0 bridgehead atoms. The minimum absolute atomic E-state index is 0.137. The van der Waals surface area contributed by atoms with Gasteiger partial charge < -0.3 is 14.4 Å². The van der Waals surface area contributed by atoms with Gasteiger partial charge in [-0.05, 0) is 63.3 Å². The molecular weight excluding hydrogens is 634 g/mol. The SMILES string of the molecule is C[C@@H]1CN(c2nc3nncn3c3c2ncn3CCN(C)C)[C@@H](C)CN1C(c1ccc(Br)cc1)c1ccc(Br)cc1. The van der Waals surface area contributed by atoms with Crippen LogP contribution in [0.15, 0.2) is 70.1 Å². The van der Waals surface area contributed by atoms with E-state index in [0.29, 0.717) is 5.78 Å². The van der Waals surface area contributed by atoms with E-state index in [1.807, 2.05) is 10.7 Å². The number of benzene rings is 2. The second-order valence-electron chi connectivity index (χ2n) is 10.9. The predicted octanol–water partition coefficient (Wildman–Crippen LogP) is 5.25. The predicted molar refractivity (Wildman–Crippen MR) is 166 cm³/mol. The molecule has 1 aliphatic heterocycles. The second kappa shape index (κ2) is 11.2. The molecule has 0 radical (unpaired) electrons. The van der Waals surface area contributed by atoms with Crippen LogP contribution in [-0.4, -0.2) is 84.7 Å². The van der Waals surface area contributed by atoms with Crippen molar-refractivity contribution < 1.29 is 0 Å². The lowest BCUT2D eigenvalue weighted by atomic mass is 9.93. The molecule has 0 saturated carbocycles.